The molecule has 1 fully saturated rings. The van der Waals surface area contributed by atoms with Crippen molar-refractivity contribution in [2.45, 2.75) is 38.4 Å². The third-order valence-corrected chi connectivity index (χ3v) is 5.79. The van der Waals surface area contributed by atoms with Crippen LogP contribution >= 0.6 is 11.6 Å². The van der Waals surface area contributed by atoms with Gasteiger partial charge in [0.15, 0.2) is 5.65 Å². The molecule has 2 aromatic heterocycles. The predicted octanol–water partition coefficient (Wildman–Crippen LogP) is 3.16. The standard InChI is InChI=1S/C22H26ClN5O3/c1-2-28-21-17(12-25-28)20(26-16-7-9-31-10-8-16)18(11-24-21)22(30)27-19(13-29)14-3-5-15(23)6-4-14/h3-6,11-12,16,19,29H,2,7-10,13H2,1H3,(H,24,26)(H,27,30). The van der Waals surface area contributed by atoms with Crippen molar-refractivity contribution in [2.24, 2.45) is 0 Å². The van der Waals surface area contributed by atoms with Gasteiger partial charge in [-0.1, -0.05) is 23.7 Å². The first-order valence-electron chi connectivity index (χ1n) is 10.5. The fourth-order valence-electron chi connectivity index (χ4n) is 3.80. The van der Waals surface area contributed by atoms with Crippen LogP contribution in [0.2, 0.25) is 5.02 Å². The fourth-order valence-corrected chi connectivity index (χ4v) is 3.92. The topological polar surface area (TPSA) is 101 Å². The summed E-state index contributed by atoms with van der Waals surface area (Å²) in [5.74, 6) is -0.317. The number of carbonyl (C=O) groups excluding carboxylic acids is 1. The van der Waals surface area contributed by atoms with Crippen molar-refractivity contribution in [3.05, 3.63) is 52.8 Å². The Morgan fingerprint density at radius 3 is 2.71 bits per heavy atom. The highest BCUT2D eigenvalue weighted by molar-refractivity contribution is 6.30. The van der Waals surface area contributed by atoms with E-state index >= 15 is 0 Å². The van der Waals surface area contributed by atoms with E-state index in [4.69, 9.17) is 16.3 Å². The molecule has 3 N–H and O–H groups in total. The first-order valence-corrected chi connectivity index (χ1v) is 10.8. The maximum absolute atomic E-state index is 13.3. The van der Waals surface area contributed by atoms with Gasteiger partial charge in [-0.25, -0.2) is 9.67 Å². The number of fused-ring (bicyclic) bond motifs is 1. The Hall–Kier alpha value is -2.68. The van der Waals surface area contributed by atoms with Gasteiger partial charge in [0.2, 0.25) is 0 Å². The van der Waals surface area contributed by atoms with Gasteiger partial charge in [0.25, 0.3) is 5.91 Å². The van der Waals surface area contributed by atoms with E-state index < -0.39 is 6.04 Å². The molecule has 0 spiro atoms. The van der Waals surface area contributed by atoms with Gasteiger partial charge in [-0.3, -0.25) is 4.79 Å². The molecule has 31 heavy (non-hydrogen) atoms. The highest BCUT2D eigenvalue weighted by Gasteiger charge is 2.24. The summed E-state index contributed by atoms with van der Waals surface area (Å²) in [6, 6.07) is 6.68. The summed E-state index contributed by atoms with van der Waals surface area (Å²) < 4.78 is 7.27. The quantitative estimate of drug-likeness (QED) is 0.518. The van der Waals surface area contributed by atoms with Crippen LogP contribution in [-0.2, 0) is 11.3 Å². The Bertz CT molecular complexity index is 1050. The largest absolute Gasteiger partial charge is 0.394 e. The molecular weight excluding hydrogens is 418 g/mol. The lowest BCUT2D eigenvalue weighted by atomic mass is 10.0. The van der Waals surface area contributed by atoms with Crippen molar-refractivity contribution in [3.63, 3.8) is 0 Å². The van der Waals surface area contributed by atoms with Gasteiger partial charge < -0.3 is 20.5 Å². The highest BCUT2D eigenvalue weighted by Crippen LogP contribution is 2.29. The second-order valence-corrected chi connectivity index (χ2v) is 7.97. The lowest BCUT2D eigenvalue weighted by Crippen LogP contribution is -2.33. The van der Waals surface area contributed by atoms with Crippen molar-refractivity contribution in [1.82, 2.24) is 20.1 Å². The maximum Gasteiger partial charge on any atom is 0.255 e. The molecular formula is C22H26ClN5O3. The van der Waals surface area contributed by atoms with E-state index in [0.717, 1.165) is 29.4 Å². The summed E-state index contributed by atoms with van der Waals surface area (Å²) in [6.07, 6.45) is 5.03. The summed E-state index contributed by atoms with van der Waals surface area (Å²) in [4.78, 5) is 17.8. The number of nitrogens with one attached hydrogen (secondary N) is 2. The summed E-state index contributed by atoms with van der Waals surface area (Å²) in [5.41, 5.74) is 2.63. The van der Waals surface area contributed by atoms with Crippen molar-refractivity contribution in [2.75, 3.05) is 25.1 Å². The van der Waals surface area contributed by atoms with Gasteiger partial charge in [-0.15, -0.1) is 0 Å². The van der Waals surface area contributed by atoms with Crippen LogP contribution < -0.4 is 10.6 Å². The number of aromatic nitrogens is 3. The Morgan fingerprint density at radius 2 is 2.03 bits per heavy atom. The van der Waals surface area contributed by atoms with E-state index in [1.807, 2.05) is 6.92 Å². The van der Waals surface area contributed by atoms with Crippen molar-refractivity contribution in [3.8, 4) is 0 Å². The molecule has 0 aliphatic carbocycles. The van der Waals surface area contributed by atoms with Gasteiger partial charge in [-0.2, -0.15) is 5.10 Å². The van der Waals surface area contributed by atoms with Crippen LogP contribution in [-0.4, -0.2) is 51.6 Å². The first kappa shape index (κ1) is 21.5. The number of anilines is 1. The second-order valence-electron chi connectivity index (χ2n) is 7.54. The lowest BCUT2D eigenvalue weighted by Gasteiger charge is -2.26. The maximum atomic E-state index is 13.3. The number of hydrogen-bond donors (Lipinski definition) is 3. The molecule has 9 heteroatoms. The molecule has 164 valence electrons. The number of carbonyl (C=O) groups is 1. The number of aliphatic hydroxyl groups excluding tert-OH is 1. The Balaban J connectivity index is 1.66. The van der Waals surface area contributed by atoms with E-state index in [9.17, 15) is 9.90 Å². The monoisotopic (exact) mass is 443 g/mol. The second kappa shape index (κ2) is 9.64. The number of aliphatic hydroxyl groups is 1. The van der Waals surface area contributed by atoms with Gasteiger partial charge in [0.05, 0.1) is 35.5 Å². The third kappa shape index (κ3) is 4.66. The summed E-state index contributed by atoms with van der Waals surface area (Å²) in [5, 5.41) is 22.1. The summed E-state index contributed by atoms with van der Waals surface area (Å²) in [7, 11) is 0. The van der Waals surface area contributed by atoms with Crippen LogP contribution in [0.4, 0.5) is 5.69 Å². The Labute approximate surface area is 185 Å². The molecule has 0 bridgehead atoms. The molecule has 1 aliphatic heterocycles. The molecule has 1 aliphatic rings. The van der Waals surface area contributed by atoms with Crippen LogP contribution in [0.15, 0.2) is 36.7 Å². The van der Waals surface area contributed by atoms with Gasteiger partial charge >= 0.3 is 0 Å². The Morgan fingerprint density at radius 1 is 1.29 bits per heavy atom. The molecule has 4 rings (SSSR count). The predicted molar refractivity (Wildman–Crippen MR) is 119 cm³/mol. The molecule has 1 saturated heterocycles. The van der Waals surface area contributed by atoms with Crippen LogP contribution in [0.5, 0.6) is 0 Å². The molecule has 1 atom stereocenters. The normalized spacial score (nSPS) is 15.7. The minimum absolute atomic E-state index is 0.195. The Kier molecular flexibility index (Phi) is 6.70. The van der Waals surface area contributed by atoms with E-state index in [2.05, 4.69) is 20.7 Å². The SMILES string of the molecule is CCn1ncc2c(NC3CCOCC3)c(C(=O)NC(CO)c3ccc(Cl)cc3)cnc21. The first-order chi connectivity index (χ1) is 15.1. The zero-order chi connectivity index (χ0) is 21.8. The van der Waals surface area contributed by atoms with Crippen LogP contribution in [0.1, 0.15) is 41.7 Å². The number of benzene rings is 1. The smallest absolute Gasteiger partial charge is 0.255 e. The van der Waals surface area contributed by atoms with Gasteiger partial charge in [-0.05, 0) is 37.5 Å². The number of hydrogen-bond acceptors (Lipinski definition) is 6. The molecule has 8 nitrogen and oxygen atoms in total. The zero-order valence-electron chi connectivity index (χ0n) is 17.3. The average molecular weight is 444 g/mol. The van der Waals surface area contributed by atoms with E-state index in [-0.39, 0.29) is 18.6 Å². The van der Waals surface area contributed by atoms with E-state index in [1.54, 1.807) is 41.3 Å². The van der Waals surface area contributed by atoms with Crippen molar-refractivity contribution in [1.29, 1.82) is 0 Å². The summed E-state index contributed by atoms with van der Waals surface area (Å²) >= 11 is 5.96. The number of pyridine rings is 1. The van der Waals surface area contributed by atoms with E-state index in [0.29, 0.717) is 36.0 Å². The number of rotatable bonds is 7. The van der Waals surface area contributed by atoms with Gasteiger partial charge in [0.1, 0.15) is 0 Å². The number of halogens is 1. The van der Waals surface area contributed by atoms with Gasteiger partial charge in [0, 0.05) is 37.0 Å². The molecule has 0 radical (unpaired) electrons. The lowest BCUT2D eigenvalue weighted by molar-refractivity contribution is 0.0901. The van der Waals surface area contributed by atoms with Crippen molar-refractivity contribution < 1.29 is 14.6 Å². The van der Waals surface area contributed by atoms with E-state index in [1.165, 1.54) is 0 Å². The molecule has 1 aromatic carbocycles. The molecule has 1 amide bonds. The third-order valence-electron chi connectivity index (χ3n) is 5.54. The molecule has 3 aromatic rings. The molecule has 0 saturated carbocycles. The number of aryl methyl sites for hydroxylation is 1. The zero-order valence-corrected chi connectivity index (χ0v) is 18.1. The minimum Gasteiger partial charge on any atom is -0.394 e. The summed E-state index contributed by atoms with van der Waals surface area (Å²) in [6.45, 7) is 3.81. The average Bonchev–Trinajstić information content (AvgIpc) is 3.22. The molecule has 1 unspecified atom stereocenters. The van der Waals surface area contributed by atoms with Crippen LogP contribution in [0.25, 0.3) is 11.0 Å². The number of amides is 1. The number of nitrogens with zero attached hydrogens (tertiary/aromatic N) is 3. The van der Waals surface area contributed by atoms with Crippen LogP contribution in [0, 0.1) is 0 Å². The van der Waals surface area contributed by atoms with Crippen LogP contribution in [0.3, 0.4) is 0 Å². The van der Waals surface area contributed by atoms with Crippen molar-refractivity contribution >= 4 is 34.2 Å². The highest BCUT2D eigenvalue weighted by atomic mass is 35.5. The fraction of sp³-hybridized carbons (Fsp3) is 0.409. The minimum atomic E-state index is -0.560. The molecule has 3 heterocycles. The number of ether oxygens (including phenoxy) is 1.